The highest BCUT2D eigenvalue weighted by atomic mass is 32.2. The number of nitrogens with zero attached hydrogens (tertiary/aromatic N) is 3. The zero-order chi connectivity index (χ0) is 20.4. The van der Waals surface area contributed by atoms with Gasteiger partial charge in [-0.05, 0) is 30.3 Å². The van der Waals surface area contributed by atoms with E-state index in [1.165, 1.54) is 18.2 Å². The molecule has 0 aliphatic rings. The maximum absolute atomic E-state index is 11.3. The molecule has 0 amide bonds. The molecular formula is C19H16N4O5S. The number of aromatic nitrogens is 3. The molecule has 0 bridgehead atoms. The van der Waals surface area contributed by atoms with Crippen molar-refractivity contribution in [2.45, 2.75) is 11.4 Å². The van der Waals surface area contributed by atoms with Gasteiger partial charge in [0.25, 0.3) is 0 Å². The van der Waals surface area contributed by atoms with Crippen molar-refractivity contribution in [3.63, 3.8) is 0 Å². The van der Waals surface area contributed by atoms with Gasteiger partial charge in [0.05, 0.1) is 17.6 Å². The monoisotopic (exact) mass is 412 g/mol. The lowest BCUT2D eigenvalue weighted by Crippen LogP contribution is -2.11. The summed E-state index contributed by atoms with van der Waals surface area (Å²) in [6.45, 7) is 0.773. The predicted octanol–water partition coefficient (Wildman–Crippen LogP) is 1.78. The third-order valence-corrected chi connectivity index (χ3v) is 5.13. The highest BCUT2D eigenvalue weighted by Crippen LogP contribution is 2.20. The largest absolute Gasteiger partial charge is 0.492 e. The van der Waals surface area contributed by atoms with Crippen molar-refractivity contribution in [2.24, 2.45) is 5.14 Å². The first-order valence-electron chi connectivity index (χ1n) is 8.59. The highest BCUT2D eigenvalue weighted by Gasteiger charge is 2.09. The second kappa shape index (κ2) is 7.49. The first-order chi connectivity index (χ1) is 13.9. The number of primary sulfonamides is 1. The van der Waals surface area contributed by atoms with Crippen molar-refractivity contribution in [1.29, 1.82) is 0 Å². The van der Waals surface area contributed by atoms with Gasteiger partial charge < -0.3 is 9.15 Å². The number of nitrogens with two attached hydrogens (primary N) is 1. The Morgan fingerprint density at radius 2 is 1.83 bits per heavy atom. The van der Waals surface area contributed by atoms with Gasteiger partial charge in [-0.1, -0.05) is 17.3 Å². The fraction of sp³-hybridized carbons (Fsp3) is 0.105. The van der Waals surface area contributed by atoms with Crippen molar-refractivity contribution < 1.29 is 17.6 Å². The third-order valence-electron chi connectivity index (χ3n) is 4.20. The molecule has 9 nitrogen and oxygen atoms in total. The van der Waals surface area contributed by atoms with Gasteiger partial charge in [0.2, 0.25) is 10.0 Å². The standard InChI is InChI=1S/C19H16N4O5S/c20-29(25,26)16-6-2-13(3-7-16)17-12-23(22-21-17)9-10-27-15-5-1-14-4-8-19(24)28-18(14)11-15/h1-8,11-12H,9-10H2,(H2,20,25,26). The summed E-state index contributed by atoms with van der Waals surface area (Å²) in [6.07, 6.45) is 1.73. The molecule has 2 aromatic carbocycles. The minimum absolute atomic E-state index is 0.0354. The number of hydrogen-bond donors (Lipinski definition) is 1. The Morgan fingerprint density at radius 3 is 2.59 bits per heavy atom. The molecule has 4 rings (SSSR count). The lowest BCUT2D eigenvalue weighted by Gasteiger charge is -2.06. The summed E-state index contributed by atoms with van der Waals surface area (Å²) >= 11 is 0. The van der Waals surface area contributed by atoms with Crippen LogP contribution in [0.1, 0.15) is 0 Å². The van der Waals surface area contributed by atoms with Crippen LogP contribution < -0.4 is 15.5 Å². The van der Waals surface area contributed by atoms with Crippen LogP contribution in [0.25, 0.3) is 22.2 Å². The molecule has 0 saturated carbocycles. The molecule has 2 N–H and O–H groups in total. The number of fused-ring (bicyclic) bond motifs is 1. The van der Waals surface area contributed by atoms with Crippen LogP contribution in [0.5, 0.6) is 5.75 Å². The second-order valence-corrected chi connectivity index (χ2v) is 7.80. The molecule has 0 aliphatic heterocycles. The number of benzene rings is 2. The van der Waals surface area contributed by atoms with Gasteiger partial charge in [-0.15, -0.1) is 5.10 Å². The Balaban J connectivity index is 1.40. The van der Waals surface area contributed by atoms with Crippen molar-refractivity contribution in [3.8, 4) is 17.0 Å². The molecule has 0 saturated heterocycles. The molecule has 0 spiro atoms. The molecule has 0 atom stereocenters. The summed E-state index contributed by atoms with van der Waals surface area (Å²) < 4.78 is 35.1. The van der Waals surface area contributed by atoms with E-state index in [0.29, 0.717) is 35.7 Å². The van der Waals surface area contributed by atoms with Crippen LogP contribution in [0.2, 0.25) is 0 Å². The molecule has 2 heterocycles. The molecular weight excluding hydrogens is 396 g/mol. The van der Waals surface area contributed by atoms with Crippen LogP contribution in [0, 0.1) is 0 Å². The van der Waals surface area contributed by atoms with E-state index in [1.54, 1.807) is 41.2 Å². The fourth-order valence-electron chi connectivity index (χ4n) is 2.74. The molecule has 0 fully saturated rings. The van der Waals surface area contributed by atoms with E-state index in [-0.39, 0.29) is 4.90 Å². The molecule has 4 aromatic rings. The van der Waals surface area contributed by atoms with E-state index >= 15 is 0 Å². The molecule has 0 radical (unpaired) electrons. The lowest BCUT2D eigenvalue weighted by atomic mass is 10.2. The maximum Gasteiger partial charge on any atom is 0.336 e. The number of ether oxygens (including phenoxy) is 1. The Kier molecular flexibility index (Phi) is 4.87. The molecule has 0 aliphatic carbocycles. The van der Waals surface area contributed by atoms with E-state index in [0.717, 1.165) is 5.39 Å². The van der Waals surface area contributed by atoms with Crippen LogP contribution in [0.3, 0.4) is 0 Å². The molecule has 2 aromatic heterocycles. The number of hydrogen-bond acceptors (Lipinski definition) is 7. The molecule has 29 heavy (non-hydrogen) atoms. The van der Waals surface area contributed by atoms with Crippen LogP contribution in [0.4, 0.5) is 0 Å². The van der Waals surface area contributed by atoms with Crippen molar-refractivity contribution in [2.75, 3.05) is 6.61 Å². The number of rotatable bonds is 6. The van der Waals surface area contributed by atoms with Crippen molar-refractivity contribution in [1.82, 2.24) is 15.0 Å². The normalized spacial score (nSPS) is 11.6. The Bertz CT molecular complexity index is 1330. The zero-order valence-electron chi connectivity index (χ0n) is 15.1. The molecule has 0 unspecified atom stereocenters. The van der Waals surface area contributed by atoms with E-state index in [2.05, 4.69) is 10.3 Å². The van der Waals surface area contributed by atoms with Gasteiger partial charge in [0.1, 0.15) is 23.6 Å². The fourth-order valence-corrected chi connectivity index (χ4v) is 3.26. The maximum atomic E-state index is 11.3. The van der Waals surface area contributed by atoms with Gasteiger partial charge in [-0.2, -0.15) is 0 Å². The summed E-state index contributed by atoms with van der Waals surface area (Å²) in [6, 6.07) is 14.4. The van der Waals surface area contributed by atoms with E-state index in [1.807, 2.05) is 6.07 Å². The average molecular weight is 412 g/mol. The van der Waals surface area contributed by atoms with E-state index in [9.17, 15) is 13.2 Å². The quantitative estimate of drug-likeness (QED) is 0.478. The second-order valence-electron chi connectivity index (χ2n) is 6.24. The average Bonchev–Trinajstić information content (AvgIpc) is 3.16. The first kappa shape index (κ1) is 18.8. The van der Waals surface area contributed by atoms with Gasteiger partial charge in [0, 0.05) is 23.1 Å². The van der Waals surface area contributed by atoms with E-state index < -0.39 is 15.6 Å². The van der Waals surface area contributed by atoms with Gasteiger partial charge in [-0.3, -0.25) is 0 Å². The highest BCUT2D eigenvalue weighted by molar-refractivity contribution is 7.89. The summed E-state index contributed by atoms with van der Waals surface area (Å²) in [5.41, 5.74) is 1.36. The summed E-state index contributed by atoms with van der Waals surface area (Å²) in [4.78, 5) is 11.4. The predicted molar refractivity (Wildman–Crippen MR) is 105 cm³/mol. The Morgan fingerprint density at radius 1 is 1.07 bits per heavy atom. The number of sulfonamides is 1. The van der Waals surface area contributed by atoms with Gasteiger partial charge in [0.15, 0.2) is 0 Å². The smallest absolute Gasteiger partial charge is 0.336 e. The SMILES string of the molecule is NS(=O)(=O)c1ccc(-c2cn(CCOc3ccc4ccc(=O)oc4c3)nn2)cc1. The minimum atomic E-state index is -3.73. The summed E-state index contributed by atoms with van der Waals surface area (Å²) in [5.74, 6) is 0.575. The van der Waals surface area contributed by atoms with Crippen LogP contribution in [0.15, 0.2) is 74.9 Å². The van der Waals surface area contributed by atoms with Crippen LogP contribution in [-0.4, -0.2) is 30.0 Å². The molecule has 148 valence electrons. The Labute approximate surface area is 165 Å². The van der Waals surface area contributed by atoms with Gasteiger partial charge in [-0.25, -0.2) is 23.0 Å². The lowest BCUT2D eigenvalue weighted by molar-refractivity contribution is 0.289. The third kappa shape index (κ3) is 4.33. The van der Waals surface area contributed by atoms with Crippen molar-refractivity contribution >= 4 is 21.0 Å². The zero-order valence-corrected chi connectivity index (χ0v) is 15.9. The van der Waals surface area contributed by atoms with Crippen molar-refractivity contribution in [3.05, 3.63) is 71.2 Å². The Hall–Kier alpha value is -3.50. The molecule has 10 heteroatoms. The summed E-state index contributed by atoms with van der Waals surface area (Å²) in [5, 5.41) is 14.0. The van der Waals surface area contributed by atoms with E-state index in [4.69, 9.17) is 14.3 Å². The summed E-state index contributed by atoms with van der Waals surface area (Å²) in [7, 11) is -3.73. The van der Waals surface area contributed by atoms with Crippen LogP contribution >= 0.6 is 0 Å². The van der Waals surface area contributed by atoms with Crippen LogP contribution in [-0.2, 0) is 16.6 Å². The van der Waals surface area contributed by atoms with Gasteiger partial charge >= 0.3 is 5.63 Å². The minimum Gasteiger partial charge on any atom is -0.492 e. The first-order valence-corrected chi connectivity index (χ1v) is 10.1. The topological polar surface area (TPSA) is 130 Å².